The fraction of sp³-hybridized carbons (Fsp3) is 0.444. The SMILES string of the molecule is C#CCCc1cc(C)nn1C. The topological polar surface area (TPSA) is 17.8 Å². The van der Waals surface area contributed by atoms with Crippen LogP contribution in [0.5, 0.6) is 0 Å². The Morgan fingerprint density at radius 1 is 1.73 bits per heavy atom. The molecular weight excluding hydrogens is 136 g/mol. The van der Waals surface area contributed by atoms with Crippen molar-refractivity contribution in [1.29, 1.82) is 0 Å². The lowest BCUT2D eigenvalue weighted by Crippen LogP contribution is -1.97. The lowest BCUT2D eigenvalue weighted by atomic mass is 10.2. The Bertz CT molecular complexity index is 278. The molecule has 0 unspecified atom stereocenters. The van der Waals surface area contributed by atoms with Gasteiger partial charge in [-0.3, -0.25) is 4.68 Å². The summed E-state index contributed by atoms with van der Waals surface area (Å²) in [7, 11) is 1.94. The van der Waals surface area contributed by atoms with Crippen LogP contribution >= 0.6 is 0 Å². The van der Waals surface area contributed by atoms with Gasteiger partial charge >= 0.3 is 0 Å². The van der Waals surface area contributed by atoms with Crippen molar-refractivity contribution in [3.63, 3.8) is 0 Å². The van der Waals surface area contributed by atoms with Crippen molar-refractivity contribution < 1.29 is 0 Å². The van der Waals surface area contributed by atoms with Gasteiger partial charge in [-0.05, 0) is 13.0 Å². The van der Waals surface area contributed by atoms with Crippen LogP contribution in [0.1, 0.15) is 17.8 Å². The predicted molar refractivity (Wildman–Crippen MR) is 45.1 cm³/mol. The highest BCUT2D eigenvalue weighted by Gasteiger charge is 1.99. The molecule has 58 valence electrons. The maximum atomic E-state index is 5.15. The second kappa shape index (κ2) is 3.25. The first-order chi connectivity index (χ1) is 5.24. The molecule has 0 N–H and O–H groups in total. The summed E-state index contributed by atoms with van der Waals surface area (Å²) in [6, 6.07) is 2.07. The van der Waals surface area contributed by atoms with E-state index >= 15 is 0 Å². The van der Waals surface area contributed by atoms with E-state index in [1.165, 1.54) is 5.69 Å². The normalized spacial score (nSPS) is 9.55. The molecule has 0 aliphatic carbocycles. The molecule has 0 amide bonds. The highest BCUT2D eigenvalue weighted by molar-refractivity contribution is 5.09. The van der Waals surface area contributed by atoms with Crippen LogP contribution < -0.4 is 0 Å². The van der Waals surface area contributed by atoms with Gasteiger partial charge in [0.05, 0.1) is 5.69 Å². The summed E-state index contributed by atoms with van der Waals surface area (Å²) in [6.07, 6.45) is 6.87. The van der Waals surface area contributed by atoms with Gasteiger partial charge in [0.25, 0.3) is 0 Å². The van der Waals surface area contributed by atoms with E-state index in [2.05, 4.69) is 17.1 Å². The summed E-state index contributed by atoms with van der Waals surface area (Å²) in [5.41, 5.74) is 2.26. The van der Waals surface area contributed by atoms with Crippen molar-refractivity contribution >= 4 is 0 Å². The van der Waals surface area contributed by atoms with Gasteiger partial charge in [0.1, 0.15) is 0 Å². The highest BCUT2D eigenvalue weighted by Crippen LogP contribution is 2.03. The number of aromatic nitrogens is 2. The van der Waals surface area contributed by atoms with Crippen molar-refractivity contribution in [1.82, 2.24) is 9.78 Å². The van der Waals surface area contributed by atoms with E-state index in [0.717, 1.165) is 18.5 Å². The molecule has 0 aromatic carbocycles. The summed E-state index contributed by atoms with van der Waals surface area (Å²) in [4.78, 5) is 0. The van der Waals surface area contributed by atoms with Crippen LogP contribution in [0.4, 0.5) is 0 Å². The summed E-state index contributed by atoms with van der Waals surface area (Å²) in [5, 5.41) is 4.21. The first kappa shape index (κ1) is 7.87. The molecule has 1 heterocycles. The van der Waals surface area contributed by atoms with Crippen molar-refractivity contribution in [2.45, 2.75) is 19.8 Å². The lowest BCUT2D eigenvalue weighted by molar-refractivity contribution is 0.703. The predicted octanol–water partition coefficient (Wildman–Crippen LogP) is 1.29. The largest absolute Gasteiger partial charge is 0.272 e. The molecule has 1 rings (SSSR count). The van der Waals surface area contributed by atoms with E-state index in [-0.39, 0.29) is 0 Å². The van der Waals surface area contributed by atoms with Crippen molar-refractivity contribution in [3.05, 3.63) is 17.5 Å². The fourth-order valence-corrected chi connectivity index (χ4v) is 1.10. The first-order valence-electron chi connectivity index (χ1n) is 3.67. The van der Waals surface area contributed by atoms with Gasteiger partial charge in [0, 0.05) is 25.6 Å². The van der Waals surface area contributed by atoms with Crippen molar-refractivity contribution in [3.8, 4) is 12.3 Å². The minimum absolute atomic E-state index is 0.791. The number of nitrogens with zero attached hydrogens (tertiary/aromatic N) is 2. The van der Waals surface area contributed by atoms with Crippen LogP contribution in [0.15, 0.2) is 6.07 Å². The molecule has 2 nitrogen and oxygen atoms in total. The van der Waals surface area contributed by atoms with E-state index < -0.39 is 0 Å². The molecule has 0 saturated heterocycles. The number of rotatable bonds is 2. The average molecular weight is 148 g/mol. The Labute approximate surface area is 67.2 Å². The van der Waals surface area contributed by atoms with Crippen LogP contribution in [0.2, 0.25) is 0 Å². The van der Waals surface area contributed by atoms with E-state index in [9.17, 15) is 0 Å². The summed E-state index contributed by atoms with van der Waals surface area (Å²) < 4.78 is 1.88. The Kier molecular flexibility index (Phi) is 2.32. The van der Waals surface area contributed by atoms with Gasteiger partial charge in [0.15, 0.2) is 0 Å². The molecule has 0 aliphatic rings. The molecule has 0 bridgehead atoms. The minimum Gasteiger partial charge on any atom is -0.272 e. The zero-order valence-corrected chi connectivity index (χ0v) is 6.96. The maximum absolute atomic E-state index is 5.15. The van der Waals surface area contributed by atoms with Crippen LogP contribution in [-0.2, 0) is 13.5 Å². The molecule has 0 saturated carbocycles. The first-order valence-corrected chi connectivity index (χ1v) is 3.67. The number of hydrogen-bond acceptors (Lipinski definition) is 1. The van der Waals surface area contributed by atoms with Crippen molar-refractivity contribution in [2.75, 3.05) is 0 Å². The molecule has 0 atom stereocenters. The molecule has 0 fully saturated rings. The highest BCUT2D eigenvalue weighted by atomic mass is 15.3. The van der Waals surface area contributed by atoms with Crippen LogP contribution in [-0.4, -0.2) is 9.78 Å². The number of aryl methyl sites for hydroxylation is 3. The summed E-state index contributed by atoms with van der Waals surface area (Å²) >= 11 is 0. The Morgan fingerprint density at radius 3 is 2.91 bits per heavy atom. The Hall–Kier alpha value is -1.23. The van der Waals surface area contributed by atoms with Crippen molar-refractivity contribution in [2.24, 2.45) is 7.05 Å². The smallest absolute Gasteiger partial charge is 0.0596 e. The molecule has 0 radical (unpaired) electrons. The monoisotopic (exact) mass is 148 g/mol. The molecule has 1 aromatic heterocycles. The third-order valence-electron chi connectivity index (χ3n) is 1.62. The van der Waals surface area contributed by atoms with Gasteiger partial charge in [-0.25, -0.2) is 0 Å². The van der Waals surface area contributed by atoms with Gasteiger partial charge in [-0.15, -0.1) is 12.3 Å². The molecule has 11 heavy (non-hydrogen) atoms. The van der Waals surface area contributed by atoms with Gasteiger partial charge in [-0.2, -0.15) is 5.10 Å². The van der Waals surface area contributed by atoms with Gasteiger partial charge < -0.3 is 0 Å². The Balaban J connectivity index is 2.71. The van der Waals surface area contributed by atoms with E-state index in [0.29, 0.717) is 0 Å². The Morgan fingerprint density at radius 2 is 2.45 bits per heavy atom. The second-order valence-electron chi connectivity index (χ2n) is 2.60. The molecule has 2 heteroatoms. The van der Waals surface area contributed by atoms with Gasteiger partial charge in [0.2, 0.25) is 0 Å². The third kappa shape index (κ3) is 1.84. The fourth-order valence-electron chi connectivity index (χ4n) is 1.10. The van der Waals surface area contributed by atoms with Crippen LogP contribution in [0.3, 0.4) is 0 Å². The number of hydrogen-bond donors (Lipinski definition) is 0. The van der Waals surface area contributed by atoms with Gasteiger partial charge in [-0.1, -0.05) is 0 Å². The standard InChI is InChI=1S/C9H12N2/c1-4-5-6-9-7-8(2)10-11(9)3/h1,7H,5-6H2,2-3H3. The second-order valence-corrected chi connectivity index (χ2v) is 2.60. The molecule has 1 aromatic rings. The van der Waals surface area contributed by atoms with Crippen LogP contribution in [0, 0.1) is 19.3 Å². The molecule has 0 aliphatic heterocycles. The zero-order chi connectivity index (χ0) is 8.27. The van der Waals surface area contributed by atoms with E-state index in [4.69, 9.17) is 6.42 Å². The zero-order valence-electron chi connectivity index (χ0n) is 6.96. The average Bonchev–Trinajstić information content (AvgIpc) is 2.26. The summed E-state index contributed by atoms with van der Waals surface area (Å²) in [6.45, 7) is 1.99. The quantitative estimate of drug-likeness (QED) is 0.578. The van der Waals surface area contributed by atoms with Crippen LogP contribution in [0.25, 0.3) is 0 Å². The van der Waals surface area contributed by atoms with E-state index in [1.54, 1.807) is 0 Å². The number of terminal acetylenes is 1. The minimum atomic E-state index is 0.791. The lowest BCUT2D eigenvalue weighted by Gasteiger charge is -1.95. The maximum Gasteiger partial charge on any atom is 0.0596 e. The van der Waals surface area contributed by atoms with E-state index in [1.807, 2.05) is 18.7 Å². The third-order valence-corrected chi connectivity index (χ3v) is 1.62. The molecular formula is C9H12N2. The molecule has 0 spiro atoms. The summed E-state index contributed by atoms with van der Waals surface area (Å²) in [5.74, 6) is 2.61.